The van der Waals surface area contributed by atoms with Crippen LogP contribution in [-0.4, -0.2) is 5.91 Å². The van der Waals surface area contributed by atoms with Crippen LogP contribution in [0.1, 0.15) is 15.4 Å². The highest BCUT2D eigenvalue weighted by atomic mass is 35.5. The molecule has 0 fully saturated rings. The van der Waals surface area contributed by atoms with E-state index in [0.717, 1.165) is 15.3 Å². The minimum absolute atomic E-state index is 0.165. The lowest BCUT2D eigenvalue weighted by molar-refractivity contribution is 0.0958. The highest BCUT2D eigenvalue weighted by Crippen LogP contribution is 2.31. The zero-order valence-electron chi connectivity index (χ0n) is 14.6. The number of amides is 1. The Morgan fingerprint density at radius 1 is 1.00 bits per heavy atom. The smallest absolute Gasteiger partial charge is 0.294 e. The molecular formula is C22H15ClFNO2S. The molecule has 0 saturated carbocycles. The van der Waals surface area contributed by atoms with E-state index in [-0.39, 0.29) is 18.0 Å². The van der Waals surface area contributed by atoms with Gasteiger partial charge in [-0.2, -0.15) is 0 Å². The summed E-state index contributed by atoms with van der Waals surface area (Å²) in [5.41, 5.74) is 1.25. The number of rotatable bonds is 5. The Balaban J connectivity index is 1.66. The maximum atomic E-state index is 14.4. The first-order chi connectivity index (χ1) is 13.6. The van der Waals surface area contributed by atoms with Crippen LogP contribution >= 0.6 is 22.9 Å². The number of benzene rings is 2. The molecular weight excluding hydrogens is 397 g/mol. The Bertz CT molecular complexity index is 1090. The van der Waals surface area contributed by atoms with Crippen LogP contribution in [-0.2, 0) is 6.54 Å². The van der Waals surface area contributed by atoms with Crippen LogP contribution < -0.4 is 4.90 Å². The molecule has 0 aliphatic heterocycles. The second kappa shape index (κ2) is 8.00. The fourth-order valence-electron chi connectivity index (χ4n) is 2.86. The highest BCUT2D eigenvalue weighted by molar-refractivity contribution is 7.15. The summed E-state index contributed by atoms with van der Waals surface area (Å²) in [5, 5.41) is 0.676. The van der Waals surface area contributed by atoms with E-state index in [4.69, 9.17) is 16.0 Å². The number of para-hydroxylation sites is 1. The Hall–Kier alpha value is -2.89. The largest absolute Gasteiger partial charge is 0.459 e. The summed E-state index contributed by atoms with van der Waals surface area (Å²) in [5.74, 6) is -0.689. The summed E-state index contributed by atoms with van der Waals surface area (Å²) in [6, 6.07) is 20.9. The number of halogens is 2. The van der Waals surface area contributed by atoms with Crippen molar-refractivity contribution >= 4 is 34.5 Å². The summed E-state index contributed by atoms with van der Waals surface area (Å²) in [4.78, 5) is 16.3. The molecule has 2 aromatic carbocycles. The predicted octanol–water partition coefficient (Wildman–Crippen LogP) is 6.65. The van der Waals surface area contributed by atoms with Crippen molar-refractivity contribution in [2.45, 2.75) is 6.54 Å². The molecule has 0 aliphatic rings. The van der Waals surface area contributed by atoms with Crippen molar-refractivity contribution in [3.05, 3.63) is 101 Å². The van der Waals surface area contributed by atoms with E-state index in [1.54, 1.807) is 41.7 Å². The van der Waals surface area contributed by atoms with Gasteiger partial charge in [0.05, 0.1) is 18.5 Å². The monoisotopic (exact) mass is 411 g/mol. The zero-order valence-corrected chi connectivity index (χ0v) is 16.2. The molecule has 0 saturated heterocycles. The maximum Gasteiger partial charge on any atom is 0.294 e. The first-order valence-corrected chi connectivity index (χ1v) is 9.76. The van der Waals surface area contributed by atoms with Gasteiger partial charge < -0.3 is 4.42 Å². The van der Waals surface area contributed by atoms with Crippen molar-refractivity contribution in [3.8, 4) is 10.4 Å². The number of carbonyl (C=O) groups excluding carboxylic acids is 1. The lowest BCUT2D eigenvalue weighted by Crippen LogP contribution is -2.30. The van der Waals surface area contributed by atoms with Crippen LogP contribution in [0.5, 0.6) is 0 Å². The van der Waals surface area contributed by atoms with E-state index < -0.39 is 11.7 Å². The Kier molecular flexibility index (Phi) is 5.28. The first-order valence-electron chi connectivity index (χ1n) is 8.56. The van der Waals surface area contributed by atoms with E-state index in [1.165, 1.54) is 17.2 Å². The molecule has 0 aliphatic carbocycles. The molecule has 2 heterocycles. The molecule has 0 N–H and O–H groups in total. The van der Waals surface area contributed by atoms with Crippen molar-refractivity contribution in [1.82, 2.24) is 0 Å². The molecule has 0 unspecified atom stereocenters. The molecule has 4 rings (SSSR count). The molecule has 1 amide bonds. The minimum atomic E-state index is -0.461. The van der Waals surface area contributed by atoms with Gasteiger partial charge in [-0.05, 0) is 54.1 Å². The molecule has 2 aromatic heterocycles. The van der Waals surface area contributed by atoms with E-state index in [0.29, 0.717) is 5.02 Å². The van der Waals surface area contributed by atoms with Crippen LogP contribution in [0.4, 0.5) is 10.1 Å². The number of nitrogens with zero attached hydrogens (tertiary/aromatic N) is 1. The van der Waals surface area contributed by atoms with E-state index in [1.807, 2.05) is 36.4 Å². The minimum Gasteiger partial charge on any atom is -0.459 e. The van der Waals surface area contributed by atoms with Crippen LogP contribution in [0.3, 0.4) is 0 Å². The number of hydrogen-bond acceptors (Lipinski definition) is 3. The Morgan fingerprint density at radius 3 is 2.50 bits per heavy atom. The summed E-state index contributed by atoms with van der Waals surface area (Å²) < 4.78 is 19.7. The van der Waals surface area contributed by atoms with Gasteiger partial charge in [0, 0.05) is 14.8 Å². The molecule has 4 aromatic rings. The Labute approximate surface area is 170 Å². The quantitative estimate of drug-likeness (QED) is 0.368. The second-order valence-electron chi connectivity index (χ2n) is 6.09. The topological polar surface area (TPSA) is 33.5 Å². The maximum absolute atomic E-state index is 14.4. The number of anilines is 1. The predicted molar refractivity (Wildman–Crippen MR) is 110 cm³/mol. The van der Waals surface area contributed by atoms with Crippen LogP contribution in [0.25, 0.3) is 10.4 Å². The van der Waals surface area contributed by atoms with Gasteiger partial charge in [-0.15, -0.1) is 11.3 Å². The highest BCUT2D eigenvalue weighted by Gasteiger charge is 2.23. The van der Waals surface area contributed by atoms with Crippen molar-refractivity contribution in [1.29, 1.82) is 0 Å². The molecule has 140 valence electrons. The SMILES string of the molecule is O=C(c1ccco1)N(Cc1ccc(-c2ccc(Cl)cc2)s1)c1ccccc1F. The number of hydrogen-bond donors (Lipinski definition) is 0. The number of furan rings is 1. The van der Waals surface area contributed by atoms with Gasteiger partial charge in [-0.25, -0.2) is 4.39 Å². The van der Waals surface area contributed by atoms with Crippen LogP contribution in [0.15, 0.2) is 83.5 Å². The normalized spacial score (nSPS) is 10.8. The van der Waals surface area contributed by atoms with Gasteiger partial charge in [-0.3, -0.25) is 9.69 Å². The van der Waals surface area contributed by atoms with Crippen molar-refractivity contribution in [2.24, 2.45) is 0 Å². The lowest BCUT2D eigenvalue weighted by atomic mass is 10.2. The fraction of sp³-hybridized carbons (Fsp3) is 0.0455. The molecule has 0 bridgehead atoms. The van der Waals surface area contributed by atoms with Crippen molar-refractivity contribution < 1.29 is 13.6 Å². The molecule has 0 radical (unpaired) electrons. The molecule has 3 nitrogen and oxygen atoms in total. The third-order valence-electron chi connectivity index (χ3n) is 4.22. The van der Waals surface area contributed by atoms with E-state index in [9.17, 15) is 9.18 Å². The summed E-state index contributed by atoms with van der Waals surface area (Å²) >= 11 is 7.50. The Morgan fingerprint density at radius 2 is 1.79 bits per heavy atom. The van der Waals surface area contributed by atoms with Gasteiger partial charge in [0.1, 0.15) is 5.82 Å². The standard InChI is InChI=1S/C22H15ClFNO2S/c23-16-9-7-15(8-10-16)21-12-11-17(28-21)14-25(19-5-2-1-4-18(19)24)22(26)20-6-3-13-27-20/h1-13H,14H2. The van der Waals surface area contributed by atoms with Gasteiger partial charge in [0.2, 0.25) is 0 Å². The summed E-state index contributed by atoms with van der Waals surface area (Å²) in [6.07, 6.45) is 1.43. The third kappa shape index (κ3) is 3.86. The number of thiophene rings is 1. The van der Waals surface area contributed by atoms with E-state index in [2.05, 4.69) is 0 Å². The zero-order chi connectivity index (χ0) is 19.5. The average Bonchev–Trinajstić information content (AvgIpc) is 3.39. The average molecular weight is 412 g/mol. The molecule has 6 heteroatoms. The molecule has 0 spiro atoms. The van der Waals surface area contributed by atoms with Crippen LogP contribution in [0.2, 0.25) is 5.02 Å². The molecule has 0 atom stereocenters. The van der Waals surface area contributed by atoms with Crippen molar-refractivity contribution in [2.75, 3.05) is 4.90 Å². The third-order valence-corrected chi connectivity index (χ3v) is 5.60. The van der Waals surface area contributed by atoms with Gasteiger partial charge in [-0.1, -0.05) is 35.9 Å². The number of carbonyl (C=O) groups is 1. The lowest BCUT2D eigenvalue weighted by Gasteiger charge is -2.21. The van der Waals surface area contributed by atoms with Gasteiger partial charge >= 0.3 is 0 Å². The fourth-order valence-corrected chi connectivity index (χ4v) is 3.99. The van der Waals surface area contributed by atoms with Gasteiger partial charge in [0.15, 0.2) is 5.76 Å². The first kappa shape index (κ1) is 18.5. The van der Waals surface area contributed by atoms with Crippen molar-refractivity contribution in [3.63, 3.8) is 0 Å². The second-order valence-corrected chi connectivity index (χ2v) is 7.70. The summed E-state index contributed by atoms with van der Waals surface area (Å²) in [6.45, 7) is 0.235. The molecule has 28 heavy (non-hydrogen) atoms. The van der Waals surface area contributed by atoms with Gasteiger partial charge in [0.25, 0.3) is 5.91 Å². The van der Waals surface area contributed by atoms with Crippen LogP contribution in [0, 0.1) is 5.82 Å². The summed E-state index contributed by atoms with van der Waals surface area (Å²) in [7, 11) is 0. The van der Waals surface area contributed by atoms with E-state index >= 15 is 0 Å².